The molecule has 2 aliphatic rings. The highest BCUT2D eigenvalue weighted by atomic mass is 32.2. The fraction of sp³-hybridized carbons (Fsp3) is 0.375. The Balaban J connectivity index is 2.19. The summed E-state index contributed by atoms with van der Waals surface area (Å²) in [4.78, 5) is 0.416. The van der Waals surface area contributed by atoms with Gasteiger partial charge in [0.25, 0.3) is 0 Å². The van der Waals surface area contributed by atoms with Crippen LogP contribution in [-0.4, -0.2) is 13.2 Å². The van der Waals surface area contributed by atoms with Crippen LogP contribution in [0.2, 0.25) is 0 Å². The van der Waals surface area contributed by atoms with Crippen LogP contribution in [-0.2, 0) is 9.84 Å². The standard InChI is InChI=1S/C16H18O2S/c1-3-16(12(2)13-9-10-14(16)11-13)19(17,18)15-7-5-4-6-8-15/h4-10,13-14H,2-3,11H2,1H3/t13-,14+,16-/m0/s1. The summed E-state index contributed by atoms with van der Waals surface area (Å²) in [6.07, 6.45) is 5.68. The predicted molar refractivity (Wildman–Crippen MR) is 76.5 cm³/mol. The van der Waals surface area contributed by atoms with Crippen molar-refractivity contribution < 1.29 is 8.42 Å². The molecule has 0 unspecified atom stereocenters. The maximum Gasteiger partial charge on any atom is 0.188 e. The van der Waals surface area contributed by atoms with Crippen molar-refractivity contribution in [2.45, 2.75) is 29.4 Å². The molecule has 3 atom stereocenters. The molecule has 0 amide bonds. The molecule has 0 saturated heterocycles. The van der Waals surface area contributed by atoms with Gasteiger partial charge in [0.05, 0.1) is 4.90 Å². The van der Waals surface area contributed by atoms with E-state index in [0.717, 1.165) is 12.0 Å². The van der Waals surface area contributed by atoms with Crippen molar-refractivity contribution in [1.82, 2.24) is 0 Å². The number of fused-ring (bicyclic) bond motifs is 2. The Labute approximate surface area is 114 Å². The quantitative estimate of drug-likeness (QED) is 0.792. The third-order valence-corrected chi connectivity index (χ3v) is 7.44. The van der Waals surface area contributed by atoms with Gasteiger partial charge in [-0.1, -0.05) is 43.9 Å². The van der Waals surface area contributed by atoms with E-state index in [2.05, 4.69) is 18.7 Å². The van der Waals surface area contributed by atoms with Crippen molar-refractivity contribution in [3.05, 3.63) is 54.6 Å². The van der Waals surface area contributed by atoms with Gasteiger partial charge < -0.3 is 0 Å². The van der Waals surface area contributed by atoms with E-state index in [1.165, 1.54) is 0 Å². The van der Waals surface area contributed by atoms with E-state index in [4.69, 9.17) is 0 Å². The smallest absolute Gasteiger partial charge is 0.188 e. The molecule has 0 heterocycles. The summed E-state index contributed by atoms with van der Waals surface area (Å²) in [5.74, 6) is 0.323. The van der Waals surface area contributed by atoms with E-state index < -0.39 is 14.6 Å². The van der Waals surface area contributed by atoms with Crippen LogP contribution < -0.4 is 0 Å². The molecule has 1 saturated carbocycles. The number of allylic oxidation sites excluding steroid dienone is 2. The SMILES string of the molecule is C=C1[C@H]2C=C[C@H](C2)[C@@]1(CC)S(=O)(=O)c1ccccc1. The first kappa shape index (κ1) is 12.7. The summed E-state index contributed by atoms with van der Waals surface area (Å²) in [6.45, 7) is 6.08. The van der Waals surface area contributed by atoms with E-state index in [1.54, 1.807) is 24.3 Å². The Hall–Kier alpha value is -1.35. The number of hydrogen-bond donors (Lipinski definition) is 0. The molecule has 0 aliphatic heterocycles. The van der Waals surface area contributed by atoms with Gasteiger partial charge in [0, 0.05) is 5.92 Å². The predicted octanol–water partition coefficient (Wildman–Crippen LogP) is 3.37. The van der Waals surface area contributed by atoms with E-state index in [1.807, 2.05) is 13.0 Å². The third-order valence-electron chi connectivity index (χ3n) is 4.73. The van der Waals surface area contributed by atoms with Gasteiger partial charge >= 0.3 is 0 Å². The second kappa shape index (κ2) is 4.07. The maximum atomic E-state index is 13.1. The highest BCUT2D eigenvalue weighted by molar-refractivity contribution is 7.93. The third kappa shape index (κ3) is 1.45. The van der Waals surface area contributed by atoms with Gasteiger partial charge in [-0.25, -0.2) is 8.42 Å². The van der Waals surface area contributed by atoms with Crippen LogP contribution in [0.5, 0.6) is 0 Å². The van der Waals surface area contributed by atoms with Gasteiger partial charge in [-0.15, -0.1) is 0 Å². The van der Waals surface area contributed by atoms with Crippen LogP contribution in [0, 0.1) is 11.8 Å². The van der Waals surface area contributed by atoms with Crippen molar-refractivity contribution in [1.29, 1.82) is 0 Å². The summed E-state index contributed by atoms with van der Waals surface area (Å²) in [7, 11) is -3.38. The van der Waals surface area contributed by atoms with E-state index >= 15 is 0 Å². The Kier molecular flexibility index (Phi) is 2.72. The highest BCUT2D eigenvalue weighted by Crippen LogP contribution is 2.56. The lowest BCUT2D eigenvalue weighted by molar-refractivity contribution is 0.482. The van der Waals surface area contributed by atoms with Crippen molar-refractivity contribution in [3.63, 3.8) is 0 Å². The summed E-state index contributed by atoms with van der Waals surface area (Å²) < 4.78 is 25.4. The van der Waals surface area contributed by atoms with E-state index in [0.29, 0.717) is 11.3 Å². The van der Waals surface area contributed by atoms with Crippen LogP contribution in [0.1, 0.15) is 19.8 Å². The first-order valence-corrected chi connectivity index (χ1v) is 8.19. The van der Waals surface area contributed by atoms with Crippen LogP contribution in [0.25, 0.3) is 0 Å². The van der Waals surface area contributed by atoms with Gasteiger partial charge in [0.15, 0.2) is 9.84 Å². The van der Waals surface area contributed by atoms with Crippen LogP contribution in [0.15, 0.2) is 59.5 Å². The normalized spacial score (nSPS) is 33.0. The molecule has 1 fully saturated rings. The maximum absolute atomic E-state index is 13.1. The molecule has 0 N–H and O–H groups in total. The molecular weight excluding hydrogens is 256 g/mol. The molecule has 100 valence electrons. The van der Waals surface area contributed by atoms with Crippen molar-refractivity contribution >= 4 is 9.84 Å². The first-order chi connectivity index (χ1) is 9.04. The van der Waals surface area contributed by atoms with Gasteiger partial charge in [-0.05, 0) is 36.5 Å². The Bertz CT molecular complexity index is 643. The average molecular weight is 274 g/mol. The fourth-order valence-corrected chi connectivity index (χ4v) is 6.10. The Morgan fingerprint density at radius 1 is 1.26 bits per heavy atom. The summed E-state index contributed by atoms with van der Waals surface area (Å²) >= 11 is 0. The minimum absolute atomic E-state index is 0.0835. The number of sulfone groups is 1. The molecule has 2 aliphatic carbocycles. The number of hydrogen-bond acceptors (Lipinski definition) is 2. The molecular formula is C16H18O2S. The van der Waals surface area contributed by atoms with Crippen LogP contribution in [0.4, 0.5) is 0 Å². The Morgan fingerprint density at radius 2 is 1.95 bits per heavy atom. The van der Waals surface area contributed by atoms with Gasteiger partial charge in [0.1, 0.15) is 4.75 Å². The number of rotatable bonds is 3. The van der Waals surface area contributed by atoms with Crippen LogP contribution >= 0.6 is 0 Å². The minimum atomic E-state index is -3.38. The average Bonchev–Trinajstić information content (AvgIpc) is 3.00. The lowest BCUT2D eigenvalue weighted by atomic mass is 9.86. The molecule has 1 aromatic rings. The molecule has 2 nitrogen and oxygen atoms in total. The molecule has 2 bridgehead atoms. The zero-order valence-corrected chi connectivity index (χ0v) is 11.9. The zero-order valence-electron chi connectivity index (χ0n) is 11.0. The fourth-order valence-electron chi connectivity index (χ4n) is 3.72. The van der Waals surface area contributed by atoms with Crippen molar-refractivity contribution in [2.75, 3.05) is 0 Å². The van der Waals surface area contributed by atoms with Crippen LogP contribution in [0.3, 0.4) is 0 Å². The zero-order chi connectivity index (χ0) is 13.7. The molecule has 0 aromatic heterocycles. The lowest BCUT2D eigenvalue weighted by Gasteiger charge is -2.35. The highest BCUT2D eigenvalue weighted by Gasteiger charge is 2.58. The summed E-state index contributed by atoms with van der Waals surface area (Å²) in [6, 6.07) is 8.78. The minimum Gasteiger partial charge on any atom is -0.223 e. The molecule has 1 aromatic carbocycles. The molecule has 3 heteroatoms. The second-order valence-electron chi connectivity index (χ2n) is 5.42. The van der Waals surface area contributed by atoms with E-state index in [9.17, 15) is 8.42 Å². The van der Waals surface area contributed by atoms with Gasteiger partial charge in [-0.2, -0.15) is 0 Å². The van der Waals surface area contributed by atoms with Gasteiger partial charge in [0.2, 0.25) is 0 Å². The molecule has 19 heavy (non-hydrogen) atoms. The van der Waals surface area contributed by atoms with Crippen molar-refractivity contribution in [2.24, 2.45) is 11.8 Å². The topological polar surface area (TPSA) is 34.1 Å². The summed E-state index contributed by atoms with van der Waals surface area (Å²) in [5, 5.41) is 0. The first-order valence-electron chi connectivity index (χ1n) is 6.71. The van der Waals surface area contributed by atoms with E-state index in [-0.39, 0.29) is 11.8 Å². The van der Waals surface area contributed by atoms with Crippen molar-refractivity contribution in [3.8, 4) is 0 Å². The van der Waals surface area contributed by atoms with Gasteiger partial charge in [-0.3, -0.25) is 0 Å². The summed E-state index contributed by atoms with van der Waals surface area (Å²) in [5.41, 5.74) is 0.881. The lowest BCUT2D eigenvalue weighted by Crippen LogP contribution is -2.43. The molecule has 0 spiro atoms. The largest absolute Gasteiger partial charge is 0.223 e. The second-order valence-corrected chi connectivity index (χ2v) is 7.63. The Morgan fingerprint density at radius 3 is 2.47 bits per heavy atom. The number of benzene rings is 1. The molecule has 3 rings (SSSR count). The molecule has 0 radical (unpaired) electrons. The monoisotopic (exact) mass is 274 g/mol.